The van der Waals surface area contributed by atoms with E-state index >= 15 is 0 Å². The summed E-state index contributed by atoms with van der Waals surface area (Å²) in [5.74, 6) is 3.04. The molecule has 4 nitrogen and oxygen atoms in total. The molecule has 0 aliphatic carbocycles. The Bertz CT molecular complexity index is 297. The SMILES string of the molecule is CC(C)CC(CNC(=O)OC(C)(C)C)NC1CCSC1. The largest absolute Gasteiger partial charge is 0.444 e. The number of thioether (sulfide) groups is 1. The van der Waals surface area contributed by atoms with Crippen LogP contribution in [0.2, 0.25) is 0 Å². The fourth-order valence-corrected chi connectivity index (χ4v) is 3.46. The van der Waals surface area contributed by atoms with Gasteiger partial charge in [-0.1, -0.05) is 13.8 Å². The second kappa shape index (κ2) is 8.13. The van der Waals surface area contributed by atoms with Crippen LogP contribution in [0.3, 0.4) is 0 Å². The number of alkyl carbamates (subject to hydrolysis) is 1. The maximum Gasteiger partial charge on any atom is 0.407 e. The normalized spacial score (nSPS) is 21.0. The molecule has 0 aromatic carbocycles. The van der Waals surface area contributed by atoms with Crippen molar-refractivity contribution in [3.63, 3.8) is 0 Å². The Morgan fingerprint density at radius 1 is 1.40 bits per heavy atom. The van der Waals surface area contributed by atoms with E-state index in [4.69, 9.17) is 4.74 Å². The minimum Gasteiger partial charge on any atom is -0.444 e. The molecular formula is C15H30N2O2S. The lowest BCUT2D eigenvalue weighted by atomic mass is 10.0. The van der Waals surface area contributed by atoms with Crippen molar-refractivity contribution in [2.75, 3.05) is 18.1 Å². The molecule has 20 heavy (non-hydrogen) atoms. The minimum absolute atomic E-state index is 0.325. The summed E-state index contributed by atoms with van der Waals surface area (Å²) in [6, 6.07) is 0.912. The third kappa shape index (κ3) is 8.00. The van der Waals surface area contributed by atoms with Crippen LogP contribution < -0.4 is 10.6 Å². The van der Waals surface area contributed by atoms with E-state index in [1.807, 2.05) is 32.5 Å². The lowest BCUT2D eigenvalue weighted by Gasteiger charge is -2.26. The van der Waals surface area contributed by atoms with E-state index in [1.54, 1.807) is 0 Å². The zero-order valence-electron chi connectivity index (χ0n) is 13.5. The van der Waals surface area contributed by atoms with Gasteiger partial charge in [0.25, 0.3) is 0 Å². The van der Waals surface area contributed by atoms with Gasteiger partial charge in [0.15, 0.2) is 0 Å². The number of carbonyl (C=O) groups is 1. The summed E-state index contributed by atoms with van der Waals surface area (Å²) in [6.07, 6.45) is 1.97. The van der Waals surface area contributed by atoms with E-state index in [0.29, 0.717) is 24.5 Å². The highest BCUT2D eigenvalue weighted by Gasteiger charge is 2.22. The number of nitrogens with one attached hydrogen (secondary N) is 2. The fourth-order valence-electron chi connectivity index (χ4n) is 2.30. The lowest BCUT2D eigenvalue weighted by Crippen LogP contribution is -2.47. The van der Waals surface area contributed by atoms with Crippen molar-refractivity contribution in [2.24, 2.45) is 5.92 Å². The van der Waals surface area contributed by atoms with E-state index in [9.17, 15) is 4.79 Å². The van der Waals surface area contributed by atoms with Crippen molar-refractivity contribution < 1.29 is 9.53 Å². The van der Waals surface area contributed by atoms with Gasteiger partial charge >= 0.3 is 6.09 Å². The summed E-state index contributed by atoms with van der Waals surface area (Å²) >= 11 is 2.00. The van der Waals surface area contributed by atoms with Crippen LogP contribution in [0.15, 0.2) is 0 Å². The third-order valence-electron chi connectivity index (χ3n) is 3.05. The van der Waals surface area contributed by atoms with Gasteiger partial charge in [-0.3, -0.25) is 0 Å². The molecule has 2 atom stereocenters. The number of hydrogen-bond acceptors (Lipinski definition) is 4. The van der Waals surface area contributed by atoms with E-state index in [-0.39, 0.29) is 6.09 Å². The van der Waals surface area contributed by atoms with Gasteiger partial charge in [-0.15, -0.1) is 0 Å². The molecule has 118 valence electrons. The molecule has 1 rings (SSSR count). The van der Waals surface area contributed by atoms with E-state index < -0.39 is 5.60 Å². The predicted octanol–water partition coefficient (Wildman–Crippen LogP) is 3.02. The number of rotatable bonds is 6. The number of amides is 1. The van der Waals surface area contributed by atoms with Crippen LogP contribution in [0.1, 0.15) is 47.5 Å². The van der Waals surface area contributed by atoms with Gasteiger partial charge in [0.05, 0.1) is 0 Å². The summed E-state index contributed by atoms with van der Waals surface area (Å²) in [5.41, 5.74) is -0.437. The first kappa shape index (κ1) is 17.6. The molecule has 0 radical (unpaired) electrons. The molecule has 0 bridgehead atoms. The quantitative estimate of drug-likeness (QED) is 0.792. The minimum atomic E-state index is -0.437. The molecule has 0 saturated carbocycles. The molecule has 0 aromatic heterocycles. The van der Waals surface area contributed by atoms with Crippen LogP contribution in [-0.4, -0.2) is 41.8 Å². The Hall–Kier alpha value is -0.420. The van der Waals surface area contributed by atoms with Crippen molar-refractivity contribution in [1.82, 2.24) is 10.6 Å². The molecule has 2 unspecified atom stereocenters. The maximum absolute atomic E-state index is 11.7. The average Bonchev–Trinajstić information content (AvgIpc) is 2.75. The van der Waals surface area contributed by atoms with E-state index in [0.717, 1.165) is 6.42 Å². The molecule has 1 amide bonds. The summed E-state index contributed by atoms with van der Waals surface area (Å²) < 4.78 is 5.28. The summed E-state index contributed by atoms with van der Waals surface area (Å²) in [5, 5.41) is 6.56. The van der Waals surface area contributed by atoms with Gasteiger partial charge in [-0.25, -0.2) is 4.79 Å². The third-order valence-corrected chi connectivity index (χ3v) is 4.21. The van der Waals surface area contributed by atoms with Crippen LogP contribution in [-0.2, 0) is 4.74 Å². The maximum atomic E-state index is 11.7. The van der Waals surface area contributed by atoms with Crippen LogP contribution >= 0.6 is 11.8 Å². The number of ether oxygens (including phenoxy) is 1. The smallest absolute Gasteiger partial charge is 0.407 e. The van der Waals surface area contributed by atoms with Crippen LogP contribution in [0.5, 0.6) is 0 Å². The Kier molecular flexibility index (Phi) is 7.17. The van der Waals surface area contributed by atoms with Gasteiger partial charge in [-0.05, 0) is 45.3 Å². The van der Waals surface area contributed by atoms with Gasteiger partial charge in [0, 0.05) is 24.4 Å². The molecule has 5 heteroatoms. The molecule has 1 aliphatic heterocycles. The Morgan fingerprint density at radius 2 is 2.10 bits per heavy atom. The summed E-state index contributed by atoms with van der Waals surface area (Å²) in [4.78, 5) is 11.7. The van der Waals surface area contributed by atoms with Crippen molar-refractivity contribution in [3.8, 4) is 0 Å². The summed E-state index contributed by atoms with van der Waals surface area (Å²) in [7, 11) is 0. The van der Waals surface area contributed by atoms with Gasteiger partial charge in [0.2, 0.25) is 0 Å². The van der Waals surface area contributed by atoms with Crippen molar-refractivity contribution in [3.05, 3.63) is 0 Å². The Balaban J connectivity index is 2.37. The Morgan fingerprint density at radius 3 is 2.60 bits per heavy atom. The van der Waals surface area contributed by atoms with Crippen LogP contribution in [0.4, 0.5) is 4.79 Å². The zero-order valence-corrected chi connectivity index (χ0v) is 14.3. The molecule has 0 spiro atoms. The average molecular weight is 302 g/mol. The number of hydrogen-bond donors (Lipinski definition) is 2. The van der Waals surface area contributed by atoms with Crippen molar-refractivity contribution in [1.29, 1.82) is 0 Å². The van der Waals surface area contributed by atoms with Crippen LogP contribution in [0, 0.1) is 5.92 Å². The zero-order chi connectivity index (χ0) is 15.2. The predicted molar refractivity (Wildman–Crippen MR) is 86.3 cm³/mol. The molecule has 1 fully saturated rings. The highest BCUT2D eigenvalue weighted by molar-refractivity contribution is 7.99. The highest BCUT2D eigenvalue weighted by atomic mass is 32.2. The molecule has 2 N–H and O–H groups in total. The van der Waals surface area contributed by atoms with E-state index in [1.165, 1.54) is 17.9 Å². The monoisotopic (exact) mass is 302 g/mol. The van der Waals surface area contributed by atoms with Crippen molar-refractivity contribution >= 4 is 17.9 Å². The van der Waals surface area contributed by atoms with Gasteiger partial charge < -0.3 is 15.4 Å². The molecule has 1 heterocycles. The van der Waals surface area contributed by atoms with Gasteiger partial charge in [0.1, 0.15) is 5.60 Å². The fraction of sp³-hybridized carbons (Fsp3) is 0.933. The second-order valence-electron chi connectivity index (χ2n) is 6.94. The van der Waals surface area contributed by atoms with Gasteiger partial charge in [-0.2, -0.15) is 11.8 Å². The molecule has 1 aliphatic rings. The molecular weight excluding hydrogens is 272 g/mol. The lowest BCUT2D eigenvalue weighted by molar-refractivity contribution is 0.0520. The first-order valence-electron chi connectivity index (χ1n) is 7.57. The van der Waals surface area contributed by atoms with E-state index in [2.05, 4.69) is 24.5 Å². The number of carbonyl (C=O) groups excluding carboxylic acids is 1. The summed E-state index contributed by atoms with van der Waals surface area (Å²) in [6.45, 7) is 10.7. The van der Waals surface area contributed by atoms with Crippen molar-refractivity contribution in [2.45, 2.75) is 65.1 Å². The highest BCUT2D eigenvalue weighted by Crippen LogP contribution is 2.18. The molecule has 1 saturated heterocycles. The molecule has 0 aromatic rings. The van der Waals surface area contributed by atoms with Crippen LogP contribution in [0.25, 0.3) is 0 Å². The Labute approximate surface area is 127 Å². The first-order valence-corrected chi connectivity index (χ1v) is 8.72. The first-order chi connectivity index (χ1) is 9.26. The topological polar surface area (TPSA) is 50.4 Å². The second-order valence-corrected chi connectivity index (χ2v) is 8.09. The standard InChI is InChI=1S/C15H30N2O2S/c1-11(2)8-13(17-12-6-7-20-10-12)9-16-14(18)19-15(3,4)5/h11-13,17H,6-10H2,1-5H3,(H,16,18).